The third-order valence-electron chi connectivity index (χ3n) is 5.43. The molecule has 0 fully saturated rings. The second-order valence-corrected chi connectivity index (χ2v) is 7.43. The largest absolute Gasteiger partial charge is 0.382 e. The minimum absolute atomic E-state index is 0.366. The topological polar surface area (TPSA) is 135 Å². The number of nitriles is 1. The highest BCUT2D eigenvalue weighted by Crippen LogP contribution is 2.30. The van der Waals surface area contributed by atoms with Gasteiger partial charge in [-0.25, -0.2) is 15.0 Å². The van der Waals surface area contributed by atoms with E-state index in [1.165, 1.54) is 6.33 Å². The van der Waals surface area contributed by atoms with Crippen LogP contribution in [0.15, 0.2) is 55.1 Å². The second-order valence-electron chi connectivity index (χ2n) is 7.43. The Kier molecular flexibility index (Phi) is 4.58. The Hall–Kier alpha value is -4.22. The summed E-state index contributed by atoms with van der Waals surface area (Å²) >= 11 is 0. The highest BCUT2D eigenvalue weighted by atomic mass is 15.1. The van der Waals surface area contributed by atoms with Gasteiger partial charge in [0.05, 0.1) is 30.9 Å². The summed E-state index contributed by atoms with van der Waals surface area (Å²) in [5.74, 6) is 0.366. The number of nitrogens with one attached hydrogen (secondary N) is 1. The number of aromatic nitrogens is 5. The summed E-state index contributed by atoms with van der Waals surface area (Å²) in [6.07, 6.45) is 3.59. The van der Waals surface area contributed by atoms with Crippen molar-refractivity contribution in [1.82, 2.24) is 24.5 Å². The molecule has 3 aromatic heterocycles. The maximum Gasteiger partial charge on any atom is 0.165 e. The SMILES string of the molecule is N#CCc1ccc(-c2cc(Cn3cnc4c(N)ncnc43)c3[nH]c(CN)cc3c2)cc1. The molecule has 0 saturated carbocycles. The number of hydrogen-bond donors (Lipinski definition) is 3. The first kappa shape index (κ1) is 18.8. The Labute approximate surface area is 178 Å². The molecule has 8 nitrogen and oxygen atoms in total. The van der Waals surface area contributed by atoms with E-state index in [1.54, 1.807) is 6.33 Å². The molecule has 0 radical (unpaired) electrons. The van der Waals surface area contributed by atoms with Gasteiger partial charge in [-0.2, -0.15) is 5.26 Å². The Morgan fingerprint density at radius 2 is 1.87 bits per heavy atom. The number of fused-ring (bicyclic) bond motifs is 2. The maximum absolute atomic E-state index is 8.91. The van der Waals surface area contributed by atoms with E-state index in [0.717, 1.165) is 38.9 Å². The van der Waals surface area contributed by atoms with Crippen molar-refractivity contribution in [3.05, 3.63) is 71.9 Å². The summed E-state index contributed by atoms with van der Waals surface area (Å²) in [7, 11) is 0. The number of nitrogens with zero attached hydrogens (tertiary/aromatic N) is 5. The highest BCUT2D eigenvalue weighted by molar-refractivity contribution is 5.89. The van der Waals surface area contributed by atoms with E-state index in [-0.39, 0.29) is 0 Å². The van der Waals surface area contributed by atoms with Gasteiger partial charge in [0.25, 0.3) is 0 Å². The molecule has 152 valence electrons. The number of aromatic amines is 1. The fourth-order valence-electron chi connectivity index (χ4n) is 3.88. The number of rotatable bonds is 5. The van der Waals surface area contributed by atoms with Crippen LogP contribution in [0.3, 0.4) is 0 Å². The average Bonchev–Trinajstić information content (AvgIpc) is 3.39. The van der Waals surface area contributed by atoms with Gasteiger partial charge in [0.1, 0.15) is 11.8 Å². The number of hydrogen-bond acceptors (Lipinski definition) is 6. The smallest absolute Gasteiger partial charge is 0.165 e. The van der Waals surface area contributed by atoms with Crippen LogP contribution >= 0.6 is 0 Å². The molecule has 0 bridgehead atoms. The van der Waals surface area contributed by atoms with Gasteiger partial charge in [0.15, 0.2) is 11.5 Å². The minimum atomic E-state index is 0.366. The zero-order valence-electron chi connectivity index (χ0n) is 16.7. The van der Waals surface area contributed by atoms with Crippen LogP contribution in [0.1, 0.15) is 16.8 Å². The van der Waals surface area contributed by atoms with Gasteiger partial charge in [-0.1, -0.05) is 24.3 Å². The summed E-state index contributed by atoms with van der Waals surface area (Å²) in [6, 6.07) is 16.7. The van der Waals surface area contributed by atoms with Gasteiger partial charge >= 0.3 is 0 Å². The van der Waals surface area contributed by atoms with Crippen molar-refractivity contribution in [1.29, 1.82) is 5.26 Å². The molecule has 2 aromatic carbocycles. The van der Waals surface area contributed by atoms with Crippen LogP contribution in [0, 0.1) is 11.3 Å². The van der Waals surface area contributed by atoms with Gasteiger partial charge in [-0.05, 0) is 40.5 Å². The number of nitrogens with two attached hydrogens (primary N) is 2. The first-order chi connectivity index (χ1) is 15.2. The monoisotopic (exact) mass is 408 g/mol. The third-order valence-corrected chi connectivity index (χ3v) is 5.43. The molecule has 0 unspecified atom stereocenters. The van der Waals surface area contributed by atoms with Crippen molar-refractivity contribution in [2.75, 3.05) is 5.73 Å². The highest BCUT2D eigenvalue weighted by Gasteiger charge is 2.13. The molecule has 0 atom stereocenters. The quantitative estimate of drug-likeness (QED) is 0.409. The number of H-pyrrole nitrogens is 1. The van der Waals surface area contributed by atoms with E-state index in [2.05, 4.69) is 56.3 Å². The molecule has 0 aliphatic rings. The van der Waals surface area contributed by atoms with Crippen molar-refractivity contribution in [3.8, 4) is 17.2 Å². The van der Waals surface area contributed by atoms with Gasteiger partial charge in [0, 0.05) is 17.6 Å². The zero-order chi connectivity index (χ0) is 21.4. The lowest BCUT2D eigenvalue weighted by Crippen LogP contribution is -2.02. The molecule has 3 heterocycles. The molecule has 0 spiro atoms. The predicted molar refractivity (Wildman–Crippen MR) is 120 cm³/mol. The number of nitrogen functional groups attached to an aromatic ring is 1. The normalized spacial score (nSPS) is 11.2. The first-order valence-electron chi connectivity index (χ1n) is 9.88. The van der Waals surface area contributed by atoms with E-state index < -0.39 is 0 Å². The van der Waals surface area contributed by atoms with Gasteiger partial charge in [-0.3, -0.25) is 0 Å². The van der Waals surface area contributed by atoms with Crippen molar-refractivity contribution < 1.29 is 0 Å². The van der Waals surface area contributed by atoms with Crippen molar-refractivity contribution in [2.45, 2.75) is 19.5 Å². The predicted octanol–water partition coefficient (Wildman–Crippen LogP) is 3.13. The Morgan fingerprint density at radius 3 is 2.65 bits per heavy atom. The third kappa shape index (κ3) is 3.37. The molecular weight excluding hydrogens is 388 g/mol. The summed E-state index contributed by atoms with van der Waals surface area (Å²) in [5.41, 5.74) is 19.4. The maximum atomic E-state index is 8.91. The summed E-state index contributed by atoms with van der Waals surface area (Å²) in [4.78, 5) is 16.2. The first-order valence-corrected chi connectivity index (χ1v) is 9.88. The second kappa shape index (κ2) is 7.55. The molecule has 0 amide bonds. The Bertz CT molecular complexity index is 1440. The van der Waals surface area contributed by atoms with Gasteiger partial charge in [-0.15, -0.1) is 0 Å². The van der Waals surface area contributed by atoms with Crippen molar-refractivity contribution in [3.63, 3.8) is 0 Å². The van der Waals surface area contributed by atoms with Crippen LogP contribution in [0.5, 0.6) is 0 Å². The fraction of sp³-hybridized carbons (Fsp3) is 0.130. The molecule has 31 heavy (non-hydrogen) atoms. The zero-order valence-corrected chi connectivity index (χ0v) is 16.7. The number of benzene rings is 2. The number of anilines is 1. The van der Waals surface area contributed by atoms with Crippen molar-refractivity contribution in [2.24, 2.45) is 5.73 Å². The van der Waals surface area contributed by atoms with E-state index in [4.69, 9.17) is 16.7 Å². The molecule has 0 aliphatic heterocycles. The Morgan fingerprint density at radius 1 is 1.03 bits per heavy atom. The van der Waals surface area contributed by atoms with Crippen LogP contribution in [0.4, 0.5) is 5.82 Å². The van der Waals surface area contributed by atoms with Gasteiger partial charge in [0.2, 0.25) is 0 Å². The average molecular weight is 408 g/mol. The number of imidazole rings is 1. The molecule has 5 aromatic rings. The summed E-state index contributed by atoms with van der Waals surface area (Å²) in [5, 5.41) is 10.0. The fourth-order valence-corrected chi connectivity index (χ4v) is 3.88. The standard InChI is InChI=1S/C23H20N8/c24-6-5-14-1-3-15(4-2-14)16-7-17-9-19(10-25)30-20(17)18(8-16)11-31-13-29-21-22(26)27-12-28-23(21)31/h1-4,7-9,12-13,30H,5,10-11,25H2,(H2,26,27,28). The van der Waals surface area contributed by atoms with Crippen LogP contribution in [-0.2, 0) is 19.5 Å². The summed E-state index contributed by atoms with van der Waals surface area (Å²) in [6.45, 7) is 0.998. The molecule has 5 rings (SSSR count). The van der Waals surface area contributed by atoms with E-state index >= 15 is 0 Å². The van der Waals surface area contributed by atoms with E-state index in [1.807, 2.05) is 16.7 Å². The molecule has 0 aliphatic carbocycles. The van der Waals surface area contributed by atoms with Crippen LogP contribution in [0.25, 0.3) is 33.2 Å². The van der Waals surface area contributed by atoms with E-state index in [9.17, 15) is 0 Å². The lowest BCUT2D eigenvalue weighted by molar-refractivity contribution is 0.817. The molecule has 8 heteroatoms. The van der Waals surface area contributed by atoms with Gasteiger partial charge < -0.3 is 21.0 Å². The van der Waals surface area contributed by atoms with Crippen molar-refractivity contribution >= 4 is 27.9 Å². The Balaban J connectivity index is 1.62. The van der Waals surface area contributed by atoms with Crippen LogP contribution < -0.4 is 11.5 Å². The van der Waals surface area contributed by atoms with Crippen LogP contribution in [0.2, 0.25) is 0 Å². The molecule has 5 N–H and O–H groups in total. The van der Waals surface area contributed by atoms with E-state index in [0.29, 0.717) is 36.5 Å². The molecule has 0 saturated heterocycles. The van der Waals surface area contributed by atoms with Crippen LogP contribution in [-0.4, -0.2) is 24.5 Å². The lowest BCUT2D eigenvalue weighted by Gasteiger charge is -2.10. The molecular formula is C23H20N8. The summed E-state index contributed by atoms with van der Waals surface area (Å²) < 4.78 is 1.96. The minimum Gasteiger partial charge on any atom is -0.382 e. The lowest BCUT2D eigenvalue weighted by atomic mass is 9.99.